The van der Waals surface area contributed by atoms with E-state index in [1.165, 1.54) is 0 Å². The topological polar surface area (TPSA) is 84.2 Å². The molecule has 0 heterocycles. The molecule has 3 aliphatic carbocycles. The van der Waals surface area contributed by atoms with Crippen LogP contribution < -0.4 is 0 Å². The Labute approximate surface area is 272 Å². The van der Waals surface area contributed by atoms with Crippen LogP contribution in [0, 0.1) is 55.7 Å². The molecular weight excluding hydrogens is 558 g/mol. The number of fused-ring (bicyclic) bond motifs is 1. The minimum Gasteiger partial charge on any atom is -0.460 e. The molecule has 2 fully saturated rings. The highest BCUT2D eigenvalue weighted by atomic mass is 16.5. The van der Waals surface area contributed by atoms with Gasteiger partial charge >= 0.3 is 5.97 Å². The van der Waals surface area contributed by atoms with E-state index < -0.39 is 16.2 Å². The molecule has 1 aromatic rings. The van der Waals surface area contributed by atoms with Gasteiger partial charge in [0.1, 0.15) is 18.5 Å². The van der Waals surface area contributed by atoms with Crippen molar-refractivity contribution in [2.75, 3.05) is 0 Å². The number of carbonyl (C=O) groups is 3. The van der Waals surface area contributed by atoms with Crippen molar-refractivity contribution in [3.8, 4) is 6.07 Å². The first-order valence-corrected chi connectivity index (χ1v) is 17.2. The molecule has 0 N–H and O–H groups in total. The van der Waals surface area contributed by atoms with Crippen LogP contribution in [0.25, 0.3) is 0 Å². The van der Waals surface area contributed by atoms with E-state index in [9.17, 15) is 19.6 Å². The standard InChI is InChI=1S/C40H57NO4/c1-28(42)24-32-39(8)25-30(26-41)33(43)36(4,5)31(39)16-19-40(32,9)38(7)18-13-17-35(2,3)20-21-37(6,22-23-38)34(44)45-27-29-14-11-10-12-15-29/h10-12,14-15,25,31-32H,13,16-24,27H2,1-9H3/t31-,32+,37-,38-,39-,40+/m0/s1. The first-order valence-electron chi connectivity index (χ1n) is 17.2. The van der Waals surface area contributed by atoms with Gasteiger partial charge in [-0.05, 0) is 104 Å². The highest BCUT2D eigenvalue weighted by molar-refractivity contribution is 6.04. The summed E-state index contributed by atoms with van der Waals surface area (Å²) >= 11 is 0. The van der Waals surface area contributed by atoms with Gasteiger partial charge in [0.15, 0.2) is 5.78 Å². The van der Waals surface area contributed by atoms with Gasteiger partial charge in [-0.25, -0.2) is 0 Å². The molecule has 3 aliphatic rings. The van der Waals surface area contributed by atoms with Gasteiger partial charge in [-0.1, -0.05) is 91.3 Å². The molecule has 0 aromatic heterocycles. The van der Waals surface area contributed by atoms with Crippen LogP contribution in [0.4, 0.5) is 0 Å². The number of hydrogen-bond acceptors (Lipinski definition) is 5. The highest BCUT2D eigenvalue weighted by Gasteiger charge is 2.64. The molecule has 0 saturated heterocycles. The van der Waals surface area contributed by atoms with E-state index in [1.807, 2.05) is 50.3 Å². The quantitative estimate of drug-likeness (QED) is 0.298. The van der Waals surface area contributed by atoms with Crippen LogP contribution in [0.3, 0.4) is 0 Å². The highest BCUT2D eigenvalue weighted by Crippen LogP contribution is 2.69. The van der Waals surface area contributed by atoms with Crippen molar-refractivity contribution in [2.45, 2.75) is 133 Å². The first-order chi connectivity index (χ1) is 20.8. The van der Waals surface area contributed by atoms with Crippen molar-refractivity contribution in [3.63, 3.8) is 0 Å². The van der Waals surface area contributed by atoms with Crippen molar-refractivity contribution >= 4 is 17.5 Å². The Bertz CT molecular complexity index is 1370. The summed E-state index contributed by atoms with van der Waals surface area (Å²) in [5.41, 5.74) is -0.848. The number of Topliss-reactive ketones (excluding diaryl/α,β-unsaturated/α-hetero) is 2. The normalized spacial score (nSPS) is 36.5. The lowest BCUT2D eigenvalue weighted by Gasteiger charge is -2.65. The number of esters is 1. The number of ketones is 2. The average Bonchev–Trinajstić information content (AvgIpc) is 2.97. The molecule has 0 spiro atoms. The predicted molar refractivity (Wildman–Crippen MR) is 179 cm³/mol. The number of benzene rings is 1. The second kappa shape index (κ2) is 12.5. The molecule has 6 atom stereocenters. The fourth-order valence-corrected chi connectivity index (χ4v) is 9.79. The summed E-state index contributed by atoms with van der Waals surface area (Å²) in [6.45, 7) is 19.7. The van der Waals surface area contributed by atoms with Crippen LogP contribution in [0.15, 0.2) is 42.0 Å². The van der Waals surface area contributed by atoms with E-state index in [2.05, 4.69) is 47.6 Å². The third kappa shape index (κ3) is 6.59. The van der Waals surface area contributed by atoms with Crippen LogP contribution in [0.5, 0.6) is 0 Å². The van der Waals surface area contributed by atoms with Gasteiger partial charge in [0.25, 0.3) is 0 Å². The molecule has 2 saturated carbocycles. The van der Waals surface area contributed by atoms with E-state index in [1.54, 1.807) is 6.92 Å². The summed E-state index contributed by atoms with van der Waals surface area (Å²) in [6.07, 6.45) is 10.6. The summed E-state index contributed by atoms with van der Waals surface area (Å²) in [4.78, 5) is 40.4. The summed E-state index contributed by atoms with van der Waals surface area (Å²) in [5.74, 6) is -0.0370. The van der Waals surface area contributed by atoms with Crippen molar-refractivity contribution in [2.24, 2.45) is 44.3 Å². The first kappa shape index (κ1) is 35.1. The third-order valence-corrected chi connectivity index (χ3v) is 13.2. The number of allylic oxidation sites excluding steroid dienone is 2. The molecule has 4 rings (SSSR count). The van der Waals surface area contributed by atoms with E-state index in [4.69, 9.17) is 4.74 Å². The molecule has 1 aromatic carbocycles. The van der Waals surface area contributed by atoms with Crippen molar-refractivity contribution in [1.29, 1.82) is 5.26 Å². The number of nitriles is 1. The smallest absolute Gasteiger partial charge is 0.312 e. The molecule has 5 nitrogen and oxygen atoms in total. The van der Waals surface area contributed by atoms with Crippen molar-refractivity contribution in [1.82, 2.24) is 0 Å². The zero-order chi connectivity index (χ0) is 33.5. The second-order valence-electron chi connectivity index (χ2n) is 17.3. The van der Waals surface area contributed by atoms with Crippen molar-refractivity contribution in [3.05, 3.63) is 47.5 Å². The van der Waals surface area contributed by atoms with E-state index in [0.29, 0.717) is 6.42 Å². The minimum absolute atomic E-state index is 0.0331. The molecule has 0 radical (unpaired) electrons. The number of carbonyl (C=O) groups excluding carboxylic acids is 3. The summed E-state index contributed by atoms with van der Waals surface area (Å²) in [5, 5.41) is 10.0. The molecule has 0 unspecified atom stereocenters. The van der Waals surface area contributed by atoms with Crippen LogP contribution in [0.1, 0.15) is 132 Å². The lowest BCUT2D eigenvalue weighted by Crippen LogP contribution is -2.60. The zero-order valence-corrected chi connectivity index (χ0v) is 29.5. The Kier molecular flexibility index (Phi) is 9.72. The Morgan fingerprint density at radius 1 is 0.889 bits per heavy atom. The number of hydrogen-bond donors (Lipinski definition) is 0. The molecule has 0 aliphatic heterocycles. The Morgan fingerprint density at radius 2 is 1.53 bits per heavy atom. The fourth-order valence-electron chi connectivity index (χ4n) is 9.79. The van der Waals surface area contributed by atoms with Gasteiger partial charge in [-0.15, -0.1) is 0 Å². The van der Waals surface area contributed by atoms with Gasteiger partial charge < -0.3 is 9.53 Å². The summed E-state index contributed by atoms with van der Waals surface area (Å²) in [7, 11) is 0. The molecule has 5 heteroatoms. The SMILES string of the molecule is CC(=O)C[C@@H]1[C@@]2(C)C=C(C#N)C(=O)C(C)(C)[C@@H]2CC[C@@]1(C)[C@@]1(C)CCCC(C)(C)CC[C@](C)(C(=O)OCc2ccccc2)CC1. The molecule has 0 bridgehead atoms. The number of ether oxygens (including phenoxy) is 1. The van der Waals surface area contributed by atoms with Crippen LogP contribution >= 0.6 is 0 Å². The maximum Gasteiger partial charge on any atom is 0.312 e. The lowest BCUT2D eigenvalue weighted by atomic mass is 9.38. The molecule has 0 amide bonds. The zero-order valence-electron chi connectivity index (χ0n) is 29.5. The monoisotopic (exact) mass is 615 g/mol. The van der Waals surface area contributed by atoms with Gasteiger partial charge in [-0.2, -0.15) is 5.26 Å². The Balaban J connectivity index is 1.75. The minimum atomic E-state index is -0.673. The average molecular weight is 616 g/mol. The fraction of sp³-hybridized carbons (Fsp3) is 0.700. The summed E-state index contributed by atoms with van der Waals surface area (Å²) < 4.78 is 6.01. The Morgan fingerprint density at radius 3 is 2.16 bits per heavy atom. The van der Waals surface area contributed by atoms with Gasteiger partial charge in [0.2, 0.25) is 0 Å². The lowest BCUT2D eigenvalue weighted by molar-refractivity contribution is -0.165. The van der Waals surface area contributed by atoms with Gasteiger partial charge in [0, 0.05) is 11.8 Å². The molecule has 246 valence electrons. The van der Waals surface area contributed by atoms with Gasteiger partial charge in [0.05, 0.1) is 11.0 Å². The predicted octanol–water partition coefficient (Wildman–Crippen LogP) is 9.59. The maximum absolute atomic E-state index is 13.9. The third-order valence-electron chi connectivity index (χ3n) is 13.2. The molecular formula is C40H57NO4. The molecule has 45 heavy (non-hydrogen) atoms. The van der Waals surface area contributed by atoms with Crippen LogP contribution in [-0.4, -0.2) is 17.5 Å². The van der Waals surface area contributed by atoms with Crippen LogP contribution in [-0.2, 0) is 25.7 Å². The second-order valence-corrected chi connectivity index (χ2v) is 17.3. The van der Waals surface area contributed by atoms with Crippen LogP contribution in [0.2, 0.25) is 0 Å². The number of rotatable bonds is 6. The van der Waals surface area contributed by atoms with E-state index in [0.717, 1.165) is 63.4 Å². The number of nitrogens with zero attached hydrogens (tertiary/aromatic N) is 1. The van der Waals surface area contributed by atoms with Crippen molar-refractivity contribution < 1.29 is 19.1 Å². The van der Waals surface area contributed by atoms with E-state index in [-0.39, 0.29) is 57.8 Å². The Hall–Kier alpha value is -2.74. The van der Waals surface area contributed by atoms with E-state index >= 15 is 0 Å². The maximum atomic E-state index is 13.9. The van der Waals surface area contributed by atoms with Gasteiger partial charge in [-0.3, -0.25) is 9.59 Å². The largest absolute Gasteiger partial charge is 0.460 e. The summed E-state index contributed by atoms with van der Waals surface area (Å²) in [6, 6.07) is 12.1.